The summed E-state index contributed by atoms with van der Waals surface area (Å²) in [7, 11) is 0. The number of hydrogen-bond acceptors (Lipinski definition) is 1. The van der Waals surface area contributed by atoms with Gasteiger partial charge in [-0.25, -0.2) is 0 Å². The van der Waals surface area contributed by atoms with Crippen LogP contribution in [0.2, 0.25) is 0 Å². The van der Waals surface area contributed by atoms with Gasteiger partial charge in [0.2, 0.25) is 0 Å². The minimum absolute atomic E-state index is 0.236. The summed E-state index contributed by atoms with van der Waals surface area (Å²) in [4.78, 5) is 0. The Balaban J connectivity index is 1.38. The van der Waals surface area contributed by atoms with Gasteiger partial charge in [0.25, 0.3) is 0 Å². The van der Waals surface area contributed by atoms with Crippen molar-refractivity contribution in [2.75, 3.05) is 6.61 Å². The molecule has 1 nitrogen and oxygen atoms in total. The van der Waals surface area contributed by atoms with Crippen LogP contribution >= 0.6 is 0 Å². The lowest BCUT2D eigenvalue weighted by molar-refractivity contribution is -0.154. The van der Waals surface area contributed by atoms with Crippen LogP contribution in [0.15, 0.2) is 0 Å². The predicted molar refractivity (Wildman–Crippen MR) is 113 cm³/mol. The number of ether oxygens (including phenoxy) is 1. The summed E-state index contributed by atoms with van der Waals surface area (Å²) in [5, 5.41) is 0. The molecule has 1 saturated heterocycles. The van der Waals surface area contributed by atoms with Gasteiger partial charge in [-0.15, -0.1) is 0 Å². The van der Waals surface area contributed by atoms with E-state index in [-0.39, 0.29) is 5.60 Å². The van der Waals surface area contributed by atoms with Gasteiger partial charge in [-0.05, 0) is 111 Å². The van der Waals surface area contributed by atoms with Gasteiger partial charge >= 0.3 is 0 Å². The lowest BCUT2D eigenvalue weighted by Crippen LogP contribution is -2.57. The van der Waals surface area contributed by atoms with E-state index in [1.54, 1.807) is 19.3 Å². The highest BCUT2D eigenvalue weighted by atomic mass is 16.6. The van der Waals surface area contributed by atoms with Crippen molar-refractivity contribution in [3.05, 3.63) is 0 Å². The summed E-state index contributed by atoms with van der Waals surface area (Å²) < 4.78 is 6.03. The average molecular weight is 373 g/mol. The normalized spacial score (nSPS) is 57.3. The third-order valence-electron chi connectivity index (χ3n) is 11.0. The molecule has 154 valence electrons. The molecule has 9 atom stereocenters. The Bertz CT molecular complexity index is 565. The predicted octanol–water partition coefficient (Wildman–Crippen LogP) is 7.24. The summed E-state index contributed by atoms with van der Waals surface area (Å²) in [6.45, 7) is 11.3. The van der Waals surface area contributed by atoms with E-state index in [2.05, 4.69) is 27.7 Å². The van der Waals surface area contributed by atoms with Crippen LogP contribution in [0.4, 0.5) is 0 Å². The van der Waals surface area contributed by atoms with Crippen LogP contribution in [0.1, 0.15) is 105 Å². The van der Waals surface area contributed by atoms with E-state index >= 15 is 0 Å². The molecule has 5 unspecified atom stereocenters. The van der Waals surface area contributed by atoms with Crippen LogP contribution in [0.5, 0.6) is 0 Å². The molecule has 27 heavy (non-hydrogen) atoms. The van der Waals surface area contributed by atoms with Gasteiger partial charge in [0.05, 0.1) is 12.2 Å². The van der Waals surface area contributed by atoms with Crippen LogP contribution in [-0.2, 0) is 4.74 Å². The van der Waals surface area contributed by atoms with E-state index in [0.29, 0.717) is 10.8 Å². The number of hydrogen-bond donors (Lipinski definition) is 0. The highest BCUT2D eigenvalue weighted by Crippen LogP contribution is 2.68. The fourth-order valence-corrected chi connectivity index (χ4v) is 9.53. The Hall–Kier alpha value is -0.0400. The van der Waals surface area contributed by atoms with Crippen LogP contribution in [0.25, 0.3) is 0 Å². The summed E-state index contributed by atoms with van der Waals surface area (Å²) in [5.41, 5.74) is 1.47. The second kappa shape index (κ2) is 6.48. The molecule has 1 aliphatic heterocycles. The van der Waals surface area contributed by atoms with Crippen molar-refractivity contribution >= 4 is 0 Å². The van der Waals surface area contributed by atoms with Gasteiger partial charge in [0.15, 0.2) is 0 Å². The van der Waals surface area contributed by atoms with Crippen molar-refractivity contribution in [2.24, 2.45) is 46.3 Å². The minimum Gasteiger partial charge on any atom is -0.370 e. The van der Waals surface area contributed by atoms with E-state index in [0.717, 1.165) is 42.1 Å². The molecule has 0 bridgehead atoms. The number of fused-ring (bicyclic) bond motifs is 5. The van der Waals surface area contributed by atoms with Crippen LogP contribution in [0, 0.1) is 46.3 Å². The maximum Gasteiger partial charge on any atom is 0.0921 e. The zero-order valence-electron chi connectivity index (χ0n) is 18.6. The van der Waals surface area contributed by atoms with Crippen molar-refractivity contribution < 1.29 is 4.74 Å². The van der Waals surface area contributed by atoms with Gasteiger partial charge in [0, 0.05) is 0 Å². The maximum absolute atomic E-state index is 6.03. The van der Waals surface area contributed by atoms with E-state index < -0.39 is 0 Å². The van der Waals surface area contributed by atoms with Crippen LogP contribution < -0.4 is 0 Å². The molecular formula is C26H44O. The van der Waals surface area contributed by atoms with Gasteiger partial charge < -0.3 is 4.74 Å². The number of rotatable bonds is 3. The smallest absolute Gasteiger partial charge is 0.0921 e. The van der Waals surface area contributed by atoms with Crippen molar-refractivity contribution in [2.45, 2.75) is 110 Å². The molecule has 5 aliphatic rings. The molecule has 0 aromatic heterocycles. The summed E-state index contributed by atoms with van der Waals surface area (Å²) in [6.07, 6.45) is 18.0. The first-order valence-corrected chi connectivity index (χ1v) is 12.5. The van der Waals surface area contributed by atoms with E-state index in [1.165, 1.54) is 57.8 Å². The fourth-order valence-electron chi connectivity index (χ4n) is 9.53. The molecule has 0 radical (unpaired) electrons. The molecule has 0 aromatic rings. The quantitative estimate of drug-likeness (QED) is 0.476. The molecule has 0 spiro atoms. The van der Waals surface area contributed by atoms with E-state index in [1.807, 2.05) is 0 Å². The number of epoxide rings is 1. The summed E-state index contributed by atoms with van der Waals surface area (Å²) in [5.74, 6) is 5.96. The third kappa shape index (κ3) is 2.80. The SMILES string of the molecule is CCC[C@H]1CC[C@@]2(C)C(CC[C@H]3C4CCC[C@H](C5(C)CO5)C4(C)CCC32)C1. The Morgan fingerprint density at radius 2 is 1.59 bits per heavy atom. The Morgan fingerprint density at radius 1 is 0.852 bits per heavy atom. The monoisotopic (exact) mass is 372 g/mol. The Labute approximate surface area is 168 Å². The van der Waals surface area contributed by atoms with Crippen molar-refractivity contribution in [3.8, 4) is 0 Å². The first-order chi connectivity index (χ1) is 12.9. The lowest BCUT2D eigenvalue weighted by atomic mass is 9.40. The van der Waals surface area contributed by atoms with E-state index in [9.17, 15) is 0 Å². The second-order valence-corrected chi connectivity index (χ2v) is 12.2. The Morgan fingerprint density at radius 3 is 2.33 bits per heavy atom. The molecule has 0 aromatic carbocycles. The first kappa shape index (κ1) is 19.0. The third-order valence-corrected chi connectivity index (χ3v) is 11.0. The summed E-state index contributed by atoms with van der Waals surface area (Å²) in [6, 6.07) is 0. The molecule has 4 aliphatic carbocycles. The minimum atomic E-state index is 0.236. The zero-order chi connectivity index (χ0) is 18.9. The molecule has 1 heteroatoms. The maximum atomic E-state index is 6.03. The standard InChI is InChI=1S/C26H44O/c1-5-7-18-12-14-24(2)19(16-18)10-11-20-21-8-6-9-23(26(4)17-27-26)25(21,3)15-13-22(20)24/h18-23H,5-17H2,1-4H3/t18-,19?,20-,21?,22?,23-,24-,25?,26?/m0/s1. The largest absolute Gasteiger partial charge is 0.370 e. The van der Waals surface area contributed by atoms with Gasteiger partial charge in [-0.1, -0.05) is 40.0 Å². The highest BCUT2D eigenvalue weighted by molar-refractivity contribution is 5.12. The molecule has 1 heterocycles. The Kier molecular flexibility index (Phi) is 4.55. The van der Waals surface area contributed by atoms with Gasteiger partial charge in [-0.3, -0.25) is 0 Å². The fraction of sp³-hybridized carbons (Fsp3) is 1.00. The van der Waals surface area contributed by atoms with Crippen molar-refractivity contribution in [3.63, 3.8) is 0 Å². The second-order valence-electron chi connectivity index (χ2n) is 12.2. The average Bonchev–Trinajstić information content (AvgIpc) is 3.39. The van der Waals surface area contributed by atoms with Gasteiger partial charge in [-0.2, -0.15) is 0 Å². The molecule has 4 saturated carbocycles. The van der Waals surface area contributed by atoms with Crippen LogP contribution in [0.3, 0.4) is 0 Å². The van der Waals surface area contributed by atoms with Crippen molar-refractivity contribution in [1.29, 1.82) is 0 Å². The molecule has 0 N–H and O–H groups in total. The summed E-state index contributed by atoms with van der Waals surface area (Å²) >= 11 is 0. The molecular weight excluding hydrogens is 328 g/mol. The van der Waals surface area contributed by atoms with Crippen LogP contribution in [-0.4, -0.2) is 12.2 Å². The van der Waals surface area contributed by atoms with Gasteiger partial charge in [0.1, 0.15) is 0 Å². The molecule has 5 fully saturated rings. The highest BCUT2D eigenvalue weighted by Gasteiger charge is 2.63. The zero-order valence-corrected chi connectivity index (χ0v) is 18.6. The molecule has 0 amide bonds. The topological polar surface area (TPSA) is 12.5 Å². The van der Waals surface area contributed by atoms with Crippen molar-refractivity contribution in [1.82, 2.24) is 0 Å². The van der Waals surface area contributed by atoms with E-state index in [4.69, 9.17) is 4.74 Å². The molecule has 5 rings (SSSR count). The lowest BCUT2D eigenvalue weighted by Gasteiger charge is -2.64. The first-order valence-electron chi connectivity index (χ1n) is 12.5.